The van der Waals surface area contributed by atoms with Gasteiger partial charge in [-0.2, -0.15) is 0 Å². The molecule has 0 unspecified atom stereocenters. The van der Waals surface area contributed by atoms with Gasteiger partial charge in [-0.3, -0.25) is 9.79 Å². The normalized spacial score (nSPS) is 11.1. The van der Waals surface area contributed by atoms with Gasteiger partial charge in [0.15, 0.2) is 5.96 Å². The highest BCUT2D eigenvalue weighted by atomic mass is 32.2. The molecule has 0 saturated carbocycles. The van der Waals surface area contributed by atoms with Crippen molar-refractivity contribution < 1.29 is 4.79 Å². The number of rotatable bonds is 8. The average molecular weight is 371 g/mol. The summed E-state index contributed by atoms with van der Waals surface area (Å²) in [4.78, 5) is 17.2. The Labute approximate surface area is 159 Å². The number of hydrogen-bond acceptors (Lipinski definition) is 3. The van der Waals surface area contributed by atoms with Crippen LogP contribution in [-0.2, 0) is 6.42 Å². The van der Waals surface area contributed by atoms with Crippen molar-refractivity contribution in [1.82, 2.24) is 16.0 Å². The van der Waals surface area contributed by atoms with Crippen LogP contribution in [-0.4, -0.2) is 44.8 Å². The molecule has 2 aromatic carbocycles. The third kappa shape index (κ3) is 6.80. The van der Waals surface area contributed by atoms with Gasteiger partial charge in [-0.1, -0.05) is 30.3 Å². The molecule has 1 amide bonds. The molecular weight excluding hydrogens is 344 g/mol. The highest BCUT2D eigenvalue weighted by molar-refractivity contribution is 7.99. The summed E-state index contributed by atoms with van der Waals surface area (Å²) in [7, 11) is 3.41. The highest BCUT2D eigenvalue weighted by Gasteiger charge is 2.04. The number of hydrogen-bond donors (Lipinski definition) is 3. The lowest BCUT2D eigenvalue weighted by Gasteiger charge is -2.12. The fraction of sp³-hybridized carbons (Fsp3) is 0.300. The summed E-state index contributed by atoms with van der Waals surface area (Å²) in [6.07, 6.45) is 0.824. The summed E-state index contributed by atoms with van der Waals surface area (Å²) in [5.74, 6) is 1.70. The van der Waals surface area contributed by atoms with E-state index in [1.165, 1.54) is 4.90 Å². The Morgan fingerprint density at radius 1 is 1.04 bits per heavy atom. The zero-order valence-electron chi connectivity index (χ0n) is 15.3. The van der Waals surface area contributed by atoms with E-state index in [9.17, 15) is 4.79 Å². The first-order valence-electron chi connectivity index (χ1n) is 8.66. The summed E-state index contributed by atoms with van der Waals surface area (Å²) in [6, 6.07) is 18.0. The van der Waals surface area contributed by atoms with Gasteiger partial charge in [0.1, 0.15) is 0 Å². The maximum Gasteiger partial charge on any atom is 0.251 e. The van der Waals surface area contributed by atoms with Gasteiger partial charge in [0.25, 0.3) is 5.91 Å². The predicted octanol–water partition coefficient (Wildman–Crippen LogP) is 2.55. The van der Waals surface area contributed by atoms with Crippen LogP contribution in [0.25, 0.3) is 0 Å². The second-order valence-corrected chi connectivity index (χ2v) is 6.79. The smallest absolute Gasteiger partial charge is 0.251 e. The maximum atomic E-state index is 11.7. The maximum absolute atomic E-state index is 11.7. The largest absolute Gasteiger partial charge is 0.356 e. The van der Waals surface area contributed by atoms with E-state index in [1.54, 1.807) is 14.1 Å². The Bertz CT molecular complexity index is 719. The molecule has 0 aliphatic rings. The van der Waals surface area contributed by atoms with Crippen molar-refractivity contribution in [3.63, 3.8) is 0 Å². The number of amides is 1. The number of nitrogens with one attached hydrogen (secondary N) is 3. The first-order valence-corrected chi connectivity index (χ1v) is 9.65. The molecule has 0 fully saturated rings. The van der Waals surface area contributed by atoms with Crippen LogP contribution in [0, 0.1) is 0 Å². The van der Waals surface area contributed by atoms with Crippen molar-refractivity contribution in [2.45, 2.75) is 11.3 Å². The van der Waals surface area contributed by atoms with Crippen LogP contribution in [0.3, 0.4) is 0 Å². The highest BCUT2D eigenvalue weighted by Crippen LogP contribution is 2.15. The molecule has 0 aromatic heterocycles. The molecule has 3 N–H and O–H groups in total. The lowest BCUT2D eigenvalue weighted by Crippen LogP contribution is -2.39. The standard InChI is InChI=1S/C20H26N4OS/c1-21-19(25)17-8-6-7-16(15-17)11-12-23-20(22-2)24-13-14-26-18-9-4-3-5-10-18/h3-10,15H,11-14H2,1-2H3,(H,21,25)(H2,22,23,24). The Morgan fingerprint density at radius 2 is 1.81 bits per heavy atom. The zero-order chi connectivity index (χ0) is 18.6. The summed E-state index contributed by atoms with van der Waals surface area (Å²) < 4.78 is 0. The summed E-state index contributed by atoms with van der Waals surface area (Å²) in [6.45, 7) is 1.59. The molecule has 0 aliphatic carbocycles. The van der Waals surface area contributed by atoms with Gasteiger partial charge in [-0.15, -0.1) is 11.8 Å². The van der Waals surface area contributed by atoms with Crippen LogP contribution >= 0.6 is 11.8 Å². The molecule has 0 atom stereocenters. The quantitative estimate of drug-likeness (QED) is 0.289. The van der Waals surface area contributed by atoms with E-state index in [4.69, 9.17) is 0 Å². The second-order valence-electron chi connectivity index (χ2n) is 5.62. The Morgan fingerprint density at radius 3 is 2.54 bits per heavy atom. The van der Waals surface area contributed by atoms with Crippen LogP contribution in [0.15, 0.2) is 64.5 Å². The van der Waals surface area contributed by atoms with Crippen molar-refractivity contribution in [2.24, 2.45) is 4.99 Å². The van der Waals surface area contributed by atoms with Crippen molar-refractivity contribution >= 4 is 23.6 Å². The van der Waals surface area contributed by atoms with Gasteiger partial charge in [0.05, 0.1) is 0 Å². The molecule has 0 aliphatic heterocycles. The second kappa shape index (κ2) is 11.2. The van der Waals surface area contributed by atoms with Gasteiger partial charge in [0, 0.05) is 43.4 Å². The molecule has 138 valence electrons. The summed E-state index contributed by atoms with van der Waals surface area (Å²) in [5.41, 5.74) is 1.80. The Balaban J connectivity index is 1.69. The van der Waals surface area contributed by atoms with Crippen LogP contribution < -0.4 is 16.0 Å². The number of benzene rings is 2. The van der Waals surface area contributed by atoms with Crippen molar-refractivity contribution in [3.8, 4) is 0 Å². The van der Waals surface area contributed by atoms with Crippen molar-refractivity contribution in [3.05, 3.63) is 65.7 Å². The van der Waals surface area contributed by atoms with Gasteiger partial charge in [-0.05, 0) is 36.2 Å². The topological polar surface area (TPSA) is 65.5 Å². The first-order chi connectivity index (χ1) is 12.7. The Hall–Kier alpha value is -2.47. The van der Waals surface area contributed by atoms with Crippen LogP contribution in [0.2, 0.25) is 0 Å². The van der Waals surface area contributed by atoms with Crippen LogP contribution in [0.5, 0.6) is 0 Å². The minimum Gasteiger partial charge on any atom is -0.356 e. The van der Waals surface area contributed by atoms with E-state index < -0.39 is 0 Å². The summed E-state index contributed by atoms with van der Waals surface area (Å²) >= 11 is 1.82. The fourth-order valence-corrected chi connectivity index (χ4v) is 3.20. The molecule has 0 radical (unpaired) electrons. The van der Waals surface area contributed by atoms with Gasteiger partial charge in [-0.25, -0.2) is 0 Å². The third-order valence-corrected chi connectivity index (χ3v) is 4.77. The fourth-order valence-electron chi connectivity index (χ4n) is 2.41. The summed E-state index contributed by atoms with van der Waals surface area (Å²) in [5, 5.41) is 9.27. The molecule has 6 heteroatoms. The molecular formula is C20H26N4OS. The van der Waals surface area contributed by atoms with Crippen LogP contribution in [0.4, 0.5) is 0 Å². The molecule has 0 saturated heterocycles. The first kappa shape index (κ1) is 19.8. The number of nitrogens with zero attached hydrogens (tertiary/aromatic N) is 1. The SMILES string of the molecule is CN=C(NCCSc1ccccc1)NCCc1cccc(C(=O)NC)c1. The number of carbonyl (C=O) groups is 1. The van der Waals surface area contributed by atoms with Crippen molar-refractivity contribution in [1.29, 1.82) is 0 Å². The van der Waals surface area contributed by atoms with E-state index in [0.29, 0.717) is 5.56 Å². The lowest BCUT2D eigenvalue weighted by atomic mass is 10.1. The van der Waals surface area contributed by atoms with E-state index >= 15 is 0 Å². The number of aliphatic imine (C=N–C) groups is 1. The molecule has 2 aromatic rings. The van der Waals surface area contributed by atoms with Gasteiger partial charge < -0.3 is 16.0 Å². The zero-order valence-corrected chi connectivity index (χ0v) is 16.1. The van der Waals surface area contributed by atoms with E-state index in [-0.39, 0.29) is 5.91 Å². The minimum atomic E-state index is -0.0619. The minimum absolute atomic E-state index is 0.0619. The molecule has 26 heavy (non-hydrogen) atoms. The predicted molar refractivity (Wildman–Crippen MR) is 110 cm³/mol. The van der Waals surface area contributed by atoms with E-state index in [1.807, 2.05) is 42.1 Å². The Kier molecular flexibility index (Phi) is 8.55. The van der Waals surface area contributed by atoms with E-state index in [0.717, 1.165) is 36.8 Å². The molecule has 2 rings (SSSR count). The van der Waals surface area contributed by atoms with Crippen molar-refractivity contribution in [2.75, 3.05) is 32.9 Å². The van der Waals surface area contributed by atoms with E-state index in [2.05, 4.69) is 45.2 Å². The molecule has 0 spiro atoms. The number of guanidine groups is 1. The molecule has 0 bridgehead atoms. The van der Waals surface area contributed by atoms with Gasteiger partial charge in [0.2, 0.25) is 0 Å². The third-order valence-electron chi connectivity index (χ3n) is 3.75. The monoisotopic (exact) mass is 370 g/mol. The number of thioether (sulfide) groups is 1. The molecule has 5 nitrogen and oxygen atoms in total. The van der Waals surface area contributed by atoms with Crippen LogP contribution in [0.1, 0.15) is 15.9 Å². The molecule has 0 heterocycles. The number of carbonyl (C=O) groups excluding carboxylic acids is 1. The lowest BCUT2D eigenvalue weighted by molar-refractivity contribution is 0.0963. The van der Waals surface area contributed by atoms with Gasteiger partial charge >= 0.3 is 0 Å². The average Bonchev–Trinajstić information content (AvgIpc) is 2.70.